The lowest BCUT2D eigenvalue weighted by Gasteiger charge is -2.33. The summed E-state index contributed by atoms with van der Waals surface area (Å²) in [6.07, 6.45) is -0.186. The van der Waals surface area contributed by atoms with Gasteiger partial charge in [0, 0.05) is 24.0 Å². The van der Waals surface area contributed by atoms with Crippen LogP contribution in [-0.4, -0.2) is 93.4 Å². The SMILES string of the molecule is CC1NC(=O)C(C)(C)NC(=O)C(Cc2ccc3ccccc3c2)NC(=O)C(C)(C)NC(=O)C(Cc2ccc(C(=O)c3ccccc3)cc2)NC(=O)C(C)(C)NC(=O)NC(=O)C(C)(C)NC1=O. The first-order valence-electron chi connectivity index (χ1n) is 21.5. The number of fused-ring (bicyclic) bond motifs is 1. The van der Waals surface area contributed by atoms with Gasteiger partial charge in [0.1, 0.15) is 40.3 Å². The van der Waals surface area contributed by atoms with E-state index >= 15 is 0 Å². The number of hydrogen-bond donors (Lipinski definition) is 8. The Kier molecular flexibility index (Phi) is 14.8. The number of urea groups is 1. The Hall–Kier alpha value is -7.43. The number of benzene rings is 4. The first-order valence-corrected chi connectivity index (χ1v) is 21.5. The zero-order chi connectivity index (χ0) is 48.8. The maximum atomic E-state index is 14.3. The molecule has 5 rings (SSSR count). The second-order valence-corrected chi connectivity index (χ2v) is 18.6. The van der Waals surface area contributed by atoms with Crippen molar-refractivity contribution < 1.29 is 43.2 Å². The third kappa shape index (κ3) is 12.4. The van der Waals surface area contributed by atoms with Gasteiger partial charge in [-0.1, -0.05) is 97.1 Å². The lowest BCUT2D eigenvalue weighted by atomic mass is 9.96. The molecule has 3 unspecified atom stereocenters. The van der Waals surface area contributed by atoms with Gasteiger partial charge in [-0.3, -0.25) is 43.7 Å². The van der Waals surface area contributed by atoms with Gasteiger partial charge in [0.2, 0.25) is 35.4 Å². The molecule has 66 heavy (non-hydrogen) atoms. The Balaban J connectivity index is 1.50. The lowest BCUT2D eigenvalue weighted by Crippen LogP contribution is -2.65. The largest absolute Gasteiger partial charge is 0.343 e. The van der Waals surface area contributed by atoms with Crippen LogP contribution in [0.25, 0.3) is 10.8 Å². The van der Waals surface area contributed by atoms with Crippen molar-refractivity contribution in [3.8, 4) is 0 Å². The molecule has 0 aliphatic carbocycles. The van der Waals surface area contributed by atoms with Crippen molar-refractivity contribution in [2.45, 2.75) is 115 Å². The molecule has 0 saturated carbocycles. The summed E-state index contributed by atoms with van der Waals surface area (Å²) in [5, 5.41) is 22.2. The van der Waals surface area contributed by atoms with E-state index in [1.165, 1.54) is 62.3 Å². The summed E-state index contributed by atoms with van der Waals surface area (Å²) in [6, 6.07) is 23.2. The molecule has 0 aromatic heterocycles. The molecule has 4 aromatic rings. The number of hydrogen-bond acceptors (Lipinski definition) is 9. The van der Waals surface area contributed by atoms with Crippen molar-refractivity contribution in [2.24, 2.45) is 0 Å². The molecule has 8 N–H and O–H groups in total. The second kappa shape index (κ2) is 19.8. The minimum absolute atomic E-state index is 0.0393. The molecule has 9 amide bonds. The summed E-state index contributed by atoms with van der Waals surface area (Å²) in [4.78, 5) is 123. The van der Waals surface area contributed by atoms with E-state index < -0.39 is 87.7 Å². The van der Waals surface area contributed by atoms with Crippen molar-refractivity contribution >= 4 is 63.9 Å². The molecule has 1 saturated heterocycles. The Bertz CT molecular complexity index is 2550. The molecule has 4 aromatic carbocycles. The van der Waals surface area contributed by atoms with E-state index in [0.717, 1.165) is 10.8 Å². The van der Waals surface area contributed by atoms with Crippen molar-refractivity contribution in [2.75, 3.05) is 0 Å². The minimum Gasteiger partial charge on any atom is -0.343 e. The zero-order valence-corrected chi connectivity index (χ0v) is 38.6. The van der Waals surface area contributed by atoms with E-state index in [4.69, 9.17) is 0 Å². The zero-order valence-electron chi connectivity index (χ0n) is 38.6. The number of amides is 9. The van der Waals surface area contributed by atoms with E-state index in [1.807, 2.05) is 36.4 Å². The smallest absolute Gasteiger partial charge is 0.322 e. The van der Waals surface area contributed by atoms with Crippen molar-refractivity contribution in [1.82, 2.24) is 42.5 Å². The predicted octanol–water partition coefficient (Wildman–Crippen LogP) is 2.63. The predicted molar refractivity (Wildman–Crippen MR) is 247 cm³/mol. The van der Waals surface area contributed by atoms with Crippen molar-refractivity contribution in [3.63, 3.8) is 0 Å². The standard InChI is InChI=1S/C49H58N8O9/c1-28-38(59)54-48(6,7)44(65)53-45(66)57-49(8,9)43(64)51-35(26-29-19-23-33(24-20-29)37(58)32-16-11-10-12-17-32)39(60)56-47(4,5)42(63)52-36(40(61)55-46(2,3)41(62)50-28)27-30-21-22-31-15-13-14-18-34(31)25-30/h10-25,28,35-36H,26-27H2,1-9H3,(H,50,62)(H,51,64)(H,52,63)(H,54,59)(H,55,61)(H,56,60)(H2,53,57,65,66). The van der Waals surface area contributed by atoms with Gasteiger partial charge in [-0.25, -0.2) is 4.79 Å². The maximum absolute atomic E-state index is 14.3. The Morgan fingerprint density at radius 2 is 0.879 bits per heavy atom. The summed E-state index contributed by atoms with van der Waals surface area (Å²) >= 11 is 0. The van der Waals surface area contributed by atoms with E-state index in [9.17, 15) is 43.2 Å². The molecular formula is C49H58N8O9. The number of ketones is 1. The average molecular weight is 903 g/mol. The molecular weight excluding hydrogens is 845 g/mol. The summed E-state index contributed by atoms with van der Waals surface area (Å²) in [7, 11) is 0. The van der Waals surface area contributed by atoms with Crippen LogP contribution >= 0.6 is 0 Å². The molecule has 1 fully saturated rings. The van der Waals surface area contributed by atoms with Gasteiger partial charge in [0.05, 0.1) is 0 Å². The van der Waals surface area contributed by atoms with Crippen molar-refractivity contribution in [3.05, 3.63) is 119 Å². The summed E-state index contributed by atoms with van der Waals surface area (Å²) < 4.78 is 0. The highest BCUT2D eigenvalue weighted by molar-refractivity contribution is 6.09. The topological polar surface area (TPSA) is 250 Å². The molecule has 0 spiro atoms. The molecule has 3 atom stereocenters. The van der Waals surface area contributed by atoms with E-state index in [-0.39, 0.29) is 18.6 Å². The first-order chi connectivity index (χ1) is 30.8. The van der Waals surface area contributed by atoms with Crippen LogP contribution < -0.4 is 42.5 Å². The number of carbonyl (C=O) groups excluding carboxylic acids is 9. The van der Waals surface area contributed by atoms with Crippen LogP contribution in [0.2, 0.25) is 0 Å². The Morgan fingerprint density at radius 1 is 0.455 bits per heavy atom. The molecule has 0 radical (unpaired) electrons. The van der Waals surface area contributed by atoms with Gasteiger partial charge in [-0.15, -0.1) is 0 Å². The molecule has 1 aliphatic heterocycles. The Morgan fingerprint density at radius 3 is 1.44 bits per heavy atom. The van der Waals surface area contributed by atoms with Crippen LogP contribution in [0, 0.1) is 0 Å². The van der Waals surface area contributed by atoms with Crippen molar-refractivity contribution in [1.29, 1.82) is 0 Å². The van der Waals surface area contributed by atoms with Crippen LogP contribution in [0.4, 0.5) is 4.79 Å². The fourth-order valence-electron chi connectivity index (χ4n) is 6.93. The normalized spacial score (nSPS) is 21.9. The average Bonchev–Trinajstić information content (AvgIpc) is 3.24. The highest BCUT2D eigenvalue weighted by Crippen LogP contribution is 2.19. The number of carbonyl (C=O) groups is 9. The third-order valence-corrected chi connectivity index (χ3v) is 11.2. The maximum Gasteiger partial charge on any atom is 0.322 e. The van der Waals surface area contributed by atoms with Gasteiger partial charge in [0.15, 0.2) is 5.78 Å². The van der Waals surface area contributed by atoms with E-state index in [1.54, 1.807) is 60.7 Å². The fraction of sp³-hybridized carbons (Fsp3) is 0.367. The van der Waals surface area contributed by atoms with Gasteiger partial charge in [0.25, 0.3) is 5.91 Å². The molecule has 17 nitrogen and oxygen atoms in total. The third-order valence-electron chi connectivity index (χ3n) is 11.2. The number of nitrogens with one attached hydrogen (secondary N) is 8. The number of rotatable bonds is 6. The van der Waals surface area contributed by atoms with Gasteiger partial charge < -0.3 is 37.2 Å². The summed E-state index contributed by atoms with van der Waals surface area (Å²) in [5.74, 6) is -5.98. The van der Waals surface area contributed by atoms with E-state index in [2.05, 4.69) is 42.5 Å². The monoisotopic (exact) mass is 902 g/mol. The highest BCUT2D eigenvalue weighted by atomic mass is 16.2. The summed E-state index contributed by atoms with van der Waals surface area (Å²) in [6.45, 7) is 12.3. The lowest BCUT2D eigenvalue weighted by molar-refractivity contribution is -0.138. The summed E-state index contributed by atoms with van der Waals surface area (Å²) in [5.41, 5.74) is -4.84. The quantitative estimate of drug-likeness (QED) is 0.132. The van der Waals surface area contributed by atoms with Gasteiger partial charge in [-0.05, 0) is 84.2 Å². The second-order valence-electron chi connectivity index (χ2n) is 18.6. The van der Waals surface area contributed by atoms with Crippen LogP contribution in [0.15, 0.2) is 97.1 Å². The molecule has 1 aliphatic rings. The van der Waals surface area contributed by atoms with Gasteiger partial charge in [-0.2, -0.15) is 0 Å². The molecule has 1 heterocycles. The fourth-order valence-corrected chi connectivity index (χ4v) is 6.93. The first kappa shape index (κ1) is 49.6. The molecule has 17 heteroatoms. The minimum atomic E-state index is -1.76. The number of imide groups is 1. The highest BCUT2D eigenvalue weighted by Gasteiger charge is 2.41. The Labute approximate surface area is 383 Å². The van der Waals surface area contributed by atoms with Crippen LogP contribution in [-0.2, 0) is 46.4 Å². The van der Waals surface area contributed by atoms with Crippen LogP contribution in [0.1, 0.15) is 89.4 Å². The van der Waals surface area contributed by atoms with E-state index in [0.29, 0.717) is 22.3 Å². The van der Waals surface area contributed by atoms with Crippen LogP contribution in [0.5, 0.6) is 0 Å². The van der Waals surface area contributed by atoms with Gasteiger partial charge >= 0.3 is 6.03 Å². The van der Waals surface area contributed by atoms with Crippen LogP contribution in [0.3, 0.4) is 0 Å². The molecule has 0 bridgehead atoms. The molecule has 348 valence electrons.